The topological polar surface area (TPSA) is 138 Å². The van der Waals surface area contributed by atoms with Crippen molar-refractivity contribution in [3.05, 3.63) is 39.9 Å². The van der Waals surface area contributed by atoms with Crippen LogP contribution in [0.25, 0.3) is 0 Å². The van der Waals surface area contributed by atoms with E-state index in [1.54, 1.807) is 6.92 Å². The molecule has 2 aliphatic rings. The van der Waals surface area contributed by atoms with Crippen LogP contribution in [0.2, 0.25) is 0 Å². The van der Waals surface area contributed by atoms with Crippen molar-refractivity contribution in [2.75, 3.05) is 0 Å². The first-order chi connectivity index (χ1) is 12.1. The highest BCUT2D eigenvalue weighted by Crippen LogP contribution is 2.51. The summed E-state index contributed by atoms with van der Waals surface area (Å²) in [6.45, 7) is 3.02. The quantitative estimate of drug-likeness (QED) is 0.334. The summed E-state index contributed by atoms with van der Waals surface area (Å²) in [7, 11) is 0. The number of rotatable bonds is 5. The summed E-state index contributed by atoms with van der Waals surface area (Å²) in [4.78, 5) is 47.9. The third-order valence-corrected chi connectivity index (χ3v) is 5.39. The average Bonchev–Trinajstić information content (AvgIpc) is 2.74. The normalized spacial score (nSPS) is 31.3. The van der Waals surface area contributed by atoms with Gasteiger partial charge in [-0.15, -0.1) is 0 Å². The van der Waals surface area contributed by atoms with Crippen molar-refractivity contribution in [3.63, 3.8) is 0 Å². The molecule has 0 radical (unpaired) electrons. The summed E-state index contributed by atoms with van der Waals surface area (Å²) in [6, 6.07) is 3.34. The molecule has 5 atom stereocenters. The number of hydrogen-bond donors (Lipinski definition) is 2. The number of aliphatic hydroxyl groups excluding tert-OH is 1. The summed E-state index contributed by atoms with van der Waals surface area (Å²) < 4.78 is 0. The summed E-state index contributed by atoms with van der Waals surface area (Å²) in [6.07, 6.45) is -0.897. The SMILES string of the molecule is C[C@@H](O)[C@H]1C(=O)N2[C@@H](C(=O)O)C(=O)[C@](C)(Cc3ccc([N+](=O)[O-])cc3)[C@@H]12. The van der Waals surface area contributed by atoms with Crippen LogP contribution in [0.3, 0.4) is 0 Å². The van der Waals surface area contributed by atoms with Crippen LogP contribution >= 0.6 is 0 Å². The molecule has 0 aliphatic carbocycles. The Balaban J connectivity index is 1.97. The maximum Gasteiger partial charge on any atom is 0.334 e. The molecule has 2 aliphatic heterocycles. The van der Waals surface area contributed by atoms with E-state index in [0.717, 1.165) is 4.90 Å². The Labute approximate surface area is 148 Å². The zero-order valence-corrected chi connectivity index (χ0v) is 14.2. The van der Waals surface area contributed by atoms with Crippen molar-refractivity contribution in [2.45, 2.75) is 38.5 Å². The van der Waals surface area contributed by atoms with Gasteiger partial charge in [0, 0.05) is 12.1 Å². The van der Waals surface area contributed by atoms with E-state index in [0.29, 0.717) is 5.56 Å². The van der Waals surface area contributed by atoms with Crippen molar-refractivity contribution in [2.24, 2.45) is 11.3 Å². The fraction of sp³-hybridized carbons (Fsp3) is 0.471. The third-order valence-electron chi connectivity index (χ3n) is 5.39. The first-order valence-corrected chi connectivity index (χ1v) is 8.10. The number of β-lactam (4-membered cyclic amide) rings is 1. The van der Waals surface area contributed by atoms with Crippen molar-refractivity contribution >= 4 is 23.3 Å². The Morgan fingerprint density at radius 1 is 1.35 bits per heavy atom. The molecule has 2 saturated heterocycles. The molecule has 2 heterocycles. The van der Waals surface area contributed by atoms with Gasteiger partial charge in [0.15, 0.2) is 11.8 Å². The second-order valence-corrected chi connectivity index (χ2v) is 7.08. The Morgan fingerprint density at radius 2 is 1.92 bits per heavy atom. The maximum absolute atomic E-state index is 12.9. The summed E-state index contributed by atoms with van der Waals surface area (Å²) >= 11 is 0. The lowest BCUT2D eigenvalue weighted by atomic mass is 9.67. The van der Waals surface area contributed by atoms with E-state index in [1.807, 2.05) is 0 Å². The van der Waals surface area contributed by atoms with Crippen LogP contribution in [0.4, 0.5) is 5.69 Å². The van der Waals surface area contributed by atoms with Crippen molar-refractivity contribution in [1.82, 2.24) is 4.90 Å². The Morgan fingerprint density at radius 3 is 2.38 bits per heavy atom. The average molecular weight is 362 g/mol. The fourth-order valence-corrected chi connectivity index (χ4v) is 4.16. The van der Waals surface area contributed by atoms with Crippen LogP contribution in [0.15, 0.2) is 24.3 Å². The Hall–Kier alpha value is -2.81. The second-order valence-electron chi connectivity index (χ2n) is 7.08. The lowest BCUT2D eigenvalue weighted by molar-refractivity contribution is -0.384. The number of carbonyl (C=O) groups is 3. The predicted molar refractivity (Wildman–Crippen MR) is 87.1 cm³/mol. The molecular formula is C17H18N2O7. The van der Waals surface area contributed by atoms with Crippen molar-refractivity contribution in [1.29, 1.82) is 0 Å². The summed E-state index contributed by atoms with van der Waals surface area (Å²) in [5.74, 6) is -3.38. The highest BCUT2D eigenvalue weighted by molar-refractivity contribution is 6.13. The van der Waals surface area contributed by atoms with Gasteiger partial charge in [-0.2, -0.15) is 0 Å². The number of aliphatic carboxylic acids is 1. The smallest absolute Gasteiger partial charge is 0.334 e. The fourth-order valence-electron chi connectivity index (χ4n) is 4.16. The number of ketones is 1. The number of carbonyl (C=O) groups excluding carboxylic acids is 2. The molecule has 0 unspecified atom stereocenters. The molecular weight excluding hydrogens is 344 g/mol. The van der Waals surface area contributed by atoms with Gasteiger partial charge in [-0.05, 0) is 18.9 Å². The molecule has 9 nitrogen and oxygen atoms in total. The second kappa shape index (κ2) is 5.87. The first kappa shape index (κ1) is 18.0. The number of nitro groups is 1. The van der Waals surface area contributed by atoms with Gasteiger partial charge >= 0.3 is 5.97 Å². The number of hydrogen-bond acceptors (Lipinski definition) is 6. The number of Topliss-reactive ketones (excluding diaryl/α,β-unsaturated/α-hetero) is 1. The van der Waals surface area contributed by atoms with Gasteiger partial charge in [-0.25, -0.2) is 4.79 Å². The van der Waals surface area contributed by atoms with Crippen LogP contribution in [-0.4, -0.2) is 55.9 Å². The number of carboxylic acids is 1. The van der Waals surface area contributed by atoms with E-state index in [9.17, 15) is 34.7 Å². The molecule has 3 rings (SSSR count). The van der Waals surface area contributed by atoms with Gasteiger partial charge in [-0.3, -0.25) is 19.7 Å². The lowest BCUT2D eigenvalue weighted by Gasteiger charge is -2.49. The largest absolute Gasteiger partial charge is 0.479 e. The number of benzene rings is 1. The molecule has 0 aromatic heterocycles. The van der Waals surface area contributed by atoms with E-state index >= 15 is 0 Å². The van der Waals surface area contributed by atoms with Gasteiger partial charge in [0.1, 0.15) is 0 Å². The summed E-state index contributed by atoms with van der Waals surface area (Å²) in [5, 5.41) is 30.1. The van der Waals surface area contributed by atoms with Gasteiger partial charge in [0.05, 0.1) is 28.4 Å². The van der Waals surface area contributed by atoms with Crippen LogP contribution in [0, 0.1) is 21.4 Å². The minimum absolute atomic E-state index is 0.0950. The molecule has 0 spiro atoms. The molecule has 0 saturated carbocycles. The van der Waals surface area contributed by atoms with E-state index in [2.05, 4.69) is 0 Å². The Bertz CT molecular complexity index is 804. The van der Waals surface area contributed by atoms with E-state index in [-0.39, 0.29) is 12.1 Å². The first-order valence-electron chi connectivity index (χ1n) is 8.10. The molecule has 1 aromatic rings. The van der Waals surface area contributed by atoms with Crippen LogP contribution in [0.5, 0.6) is 0 Å². The minimum Gasteiger partial charge on any atom is -0.479 e. The standard InChI is InChI=1S/C17H18N2O7/c1-8(20)11-13-17(2,7-9-3-5-10(6-4-9)19(25)26)14(21)12(16(23)24)18(13)15(11)22/h3-6,8,11-13,20H,7H2,1-2H3,(H,23,24)/t8-,11-,12-,13-,17-/m1/s1. The number of fused-ring (bicyclic) bond motifs is 1. The van der Waals surface area contributed by atoms with Crippen LogP contribution in [-0.2, 0) is 20.8 Å². The molecule has 9 heteroatoms. The molecule has 0 bridgehead atoms. The molecule has 2 fully saturated rings. The number of aliphatic hydroxyl groups is 1. The van der Waals surface area contributed by atoms with Crippen molar-refractivity contribution in [3.8, 4) is 0 Å². The van der Waals surface area contributed by atoms with E-state index in [4.69, 9.17) is 0 Å². The Kier molecular flexibility index (Phi) is 4.06. The molecule has 138 valence electrons. The zero-order chi connectivity index (χ0) is 19.4. The number of carboxylic acid groups (broad SMARTS) is 1. The van der Waals surface area contributed by atoms with Gasteiger partial charge in [0.25, 0.3) is 5.69 Å². The highest BCUT2D eigenvalue weighted by atomic mass is 16.6. The van der Waals surface area contributed by atoms with Crippen LogP contribution < -0.4 is 0 Å². The summed E-state index contributed by atoms with van der Waals surface area (Å²) in [5.41, 5.74) is -0.683. The number of nitrogens with zero attached hydrogens (tertiary/aromatic N) is 2. The highest BCUT2D eigenvalue weighted by Gasteiger charge is 2.70. The molecule has 2 N–H and O–H groups in total. The minimum atomic E-state index is -1.56. The lowest BCUT2D eigenvalue weighted by Crippen LogP contribution is -2.67. The van der Waals surface area contributed by atoms with Crippen molar-refractivity contribution < 1.29 is 29.5 Å². The molecule has 1 amide bonds. The van der Waals surface area contributed by atoms with E-state index < -0.39 is 52.1 Å². The molecule has 26 heavy (non-hydrogen) atoms. The maximum atomic E-state index is 12.9. The predicted octanol–water partition coefficient (Wildman–Crippen LogP) is 0.387. The van der Waals surface area contributed by atoms with Gasteiger partial charge in [0.2, 0.25) is 5.91 Å². The van der Waals surface area contributed by atoms with E-state index in [1.165, 1.54) is 31.2 Å². The number of non-ortho nitro benzene ring substituents is 1. The van der Waals surface area contributed by atoms with Gasteiger partial charge < -0.3 is 15.1 Å². The number of amides is 1. The number of nitro benzene ring substituents is 1. The molecule has 1 aromatic carbocycles. The monoisotopic (exact) mass is 362 g/mol. The zero-order valence-electron chi connectivity index (χ0n) is 14.2. The third kappa shape index (κ3) is 2.38. The van der Waals surface area contributed by atoms with Gasteiger partial charge in [-0.1, -0.05) is 19.1 Å². The van der Waals surface area contributed by atoms with Crippen LogP contribution in [0.1, 0.15) is 19.4 Å².